The summed E-state index contributed by atoms with van der Waals surface area (Å²) in [7, 11) is 1.63. The van der Waals surface area contributed by atoms with Gasteiger partial charge in [0.1, 0.15) is 23.9 Å². The van der Waals surface area contributed by atoms with E-state index >= 15 is 0 Å². The molecule has 0 unspecified atom stereocenters. The lowest BCUT2D eigenvalue weighted by Gasteiger charge is -2.26. The minimum absolute atomic E-state index is 0.0572. The highest BCUT2D eigenvalue weighted by molar-refractivity contribution is 5.74. The molecule has 2 aromatic rings. The first-order chi connectivity index (χ1) is 11.2. The Labute approximate surface area is 134 Å². The van der Waals surface area contributed by atoms with E-state index in [0.29, 0.717) is 19.6 Å². The predicted molar refractivity (Wildman–Crippen MR) is 84.9 cm³/mol. The van der Waals surface area contributed by atoms with Gasteiger partial charge in [-0.2, -0.15) is 0 Å². The Morgan fingerprint density at radius 3 is 3.09 bits per heavy atom. The maximum absolute atomic E-state index is 11.9. The zero-order chi connectivity index (χ0) is 16.1. The van der Waals surface area contributed by atoms with Crippen molar-refractivity contribution in [1.29, 1.82) is 0 Å². The molecule has 6 heteroatoms. The van der Waals surface area contributed by atoms with E-state index in [1.807, 2.05) is 30.3 Å². The highest BCUT2D eigenvalue weighted by Crippen LogP contribution is 2.28. The fourth-order valence-electron chi connectivity index (χ4n) is 2.58. The molecule has 1 aliphatic heterocycles. The number of benzene rings is 1. The van der Waals surface area contributed by atoms with E-state index in [-0.39, 0.29) is 12.1 Å². The van der Waals surface area contributed by atoms with Crippen LogP contribution in [-0.4, -0.2) is 32.3 Å². The summed E-state index contributed by atoms with van der Waals surface area (Å²) in [5, 5.41) is 5.76. The van der Waals surface area contributed by atoms with Crippen LogP contribution >= 0.6 is 0 Å². The fraction of sp³-hybridized carbons (Fsp3) is 0.353. The van der Waals surface area contributed by atoms with Crippen molar-refractivity contribution >= 4 is 6.03 Å². The monoisotopic (exact) mass is 316 g/mol. The van der Waals surface area contributed by atoms with Gasteiger partial charge >= 0.3 is 6.03 Å². The maximum atomic E-state index is 11.9. The van der Waals surface area contributed by atoms with E-state index < -0.39 is 0 Å². The van der Waals surface area contributed by atoms with Crippen molar-refractivity contribution in [3.63, 3.8) is 0 Å². The number of urea groups is 1. The van der Waals surface area contributed by atoms with E-state index in [1.165, 1.54) is 0 Å². The molecule has 2 N–H and O–H groups in total. The lowest BCUT2D eigenvalue weighted by molar-refractivity contribution is 0.214. The van der Waals surface area contributed by atoms with Crippen molar-refractivity contribution in [2.45, 2.75) is 18.9 Å². The number of nitrogens with one attached hydrogen (secondary N) is 2. The smallest absolute Gasteiger partial charge is 0.315 e. The van der Waals surface area contributed by atoms with Gasteiger partial charge in [0.05, 0.1) is 19.4 Å². The number of fused-ring (bicyclic) bond motifs is 1. The summed E-state index contributed by atoms with van der Waals surface area (Å²) in [6.07, 6.45) is 3.01. The van der Waals surface area contributed by atoms with Gasteiger partial charge < -0.3 is 24.5 Å². The molecule has 0 aliphatic carbocycles. The average Bonchev–Trinajstić information content (AvgIpc) is 3.07. The van der Waals surface area contributed by atoms with E-state index in [2.05, 4.69) is 10.6 Å². The molecule has 0 radical (unpaired) electrons. The maximum Gasteiger partial charge on any atom is 0.315 e. The van der Waals surface area contributed by atoms with Crippen molar-refractivity contribution < 1.29 is 18.7 Å². The molecule has 6 nitrogen and oxygen atoms in total. The second-order valence-corrected chi connectivity index (χ2v) is 5.42. The molecule has 1 aromatic carbocycles. The van der Waals surface area contributed by atoms with Crippen molar-refractivity contribution in [2.24, 2.45) is 0 Å². The van der Waals surface area contributed by atoms with Crippen molar-refractivity contribution in [3.05, 3.63) is 47.9 Å². The SMILES string of the molecule is COc1ccc2c(c1)C[C@H](NC(=O)NCCc1ccco1)CO2. The van der Waals surface area contributed by atoms with Crippen LogP contribution in [0.2, 0.25) is 0 Å². The van der Waals surface area contributed by atoms with E-state index in [0.717, 1.165) is 29.2 Å². The molecule has 0 fully saturated rings. The van der Waals surface area contributed by atoms with Crippen molar-refractivity contribution in [3.8, 4) is 11.5 Å². The van der Waals surface area contributed by atoms with Crippen molar-refractivity contribution in [1.82, 2.24) is 10.6 Å². The first-order valence-electron chi connectivity index (χ1n) is 7.61. The zero-order valence-corrected chi connectivity index (χ0v) is 13.0. The number of amides is 2. The Kier molecular flexibility index (Phi) is 4.71. The number of carbonyl (C=O) groups excluding carboxylic acids is 1. The van der Waals surface area contributed by atoms with Crippen LogP contribution in [0.4, 0.5) is 4.79 Å². The van der Waals surface area contributed by atoms with Crippen LogP contribution in [0.1, 0.15) is 11.3 Å². The van der Waals surface area contributed by atoms with Crippen LogP contribution in [0.3, 0.4) is 0 Å². The number of ether oxygens (including phenoxy) is 2. The molecule has 0 bridgehead atoms. The molecule has 2 heterocycles. The predicted octanol–water partition coefficient (Wildman–Crippen LogP) is 2.13. The molecule has 0 spiro atoms. The van der Waals surface area contributed by atoms with Gasteiger partial charge in [-0.1, -0.05) is 0 Å². The second kappa shape index (κ2) is 7.09. The molecule has 2 amide bonds. The summed E-state index contributed by atoms with van der Waals surface area (Å²) in [4.78, 5) is 11.9. The zero-order valence-electron chi connectivity index (χ0n) is 13.0. The Balaban J connectivity index is 1.47. The standard InChI is InChI=1S/C17H20N2O4/c1-21-15-4-5-16-12(10-15)9-13(11-23-16)19-17(20)18-7-6-14-3-2-8-22-14/h2-5,8,10,13H,6-7,9,11H2,1H3,(H2,18,19,20)/t13-/m0/s1. The van der Waals surface area contributed by atoms with Crippen LogP contribution in [0.25, 0.3) is 0 Å². The average molecular weight is 316 g/mol. The van der Waals surface area contributed by atoms with Crippen LogP contribution in [0.5, 0.6) is 11.5 Å². The van der Waals surface area contributed by atoms with Gasteiger partial charge in [-0.05, 0) is 42.3 Å². The van der Waals surface area contributed by atoms with Crippen LogP contribution in [0, 0.1) is 0 Å². The summed E-state index contributed by atoms with van der Waals surface area (Å²) < 4.78 is 16.1. The molecule has 1 aromatic heterocycles. The highest BCUT2D eigenvalue weighted by Gasteiger charge is 2.21. The van der Waals surface area contributed by atoms with Gasteiger partial charge in [-0.15, -0.1) is 0 Å². The Morgan fingerprint density at radius 2 is 2.30 bits per heavy atom. The number of hydrogen-bond donors (Lipinski definition) is 2. The number of hydrogen-bond acceptors (Lipinski definition) is 4. The van der Waals surface area contributed by atoms with Gasteiger partial charge in [0.25, 0.3) is 0 Å². The molecular weight excluding hydrogens is 296 g/mol. The van der Waals surface area contributed by atoms with Crippen molar-refractivity contribution in [2.75, 3.05) is 20.3 Å². The van der Waals surface area contributed by atoms with Gasteiger partial charge in [0.2, 0.25) is 0 Å². The topological polar surface area (TPSA) is 72.7 Å². The Hall–Kier alpha value is -2.63. The minimum atomic E-state index is -0.198. The van der Waals surface area contributed by atoms with Gasteiger partial charge in [0.15, 0.2) is 0 Å². The molecule has 0 saturated carbocycles. The van der Waals surface area contributed by atoms with E-state index in [1.54, 1.807) is 13.4 Å². The summed E-state index contributed by atoms with van der Waals surface area (Å²) in [6.45, 7) is 0.988. The van der Waals surface area contributed by atoms with Gasteiger partial charge in [0, 0.05) is 13.0 Å². The first-order valence-corrected chi connectivity index (χ1v) is 7.61. The molecular formula is C17H20N2O4. The number of furan rings is 1. The minimum Gasteiger partial charge on any atom is -0.497 e. The Morgan fingerprint density at radius 1 is 1.39 bits per heavy atom. The normalized spacial score (nSPS) is 16.1. The van der Waals surface area contributed by atoms with Crippen LogP contribution in [0.15, 0.2) is 41.0 Å². The van der Waals surface area contributed by atoms with Gasteiger partial charge in [-0.25, -0.2) is 4.79 Å². The molecule has 23 heavy (non-hydrogen) atoms. The Bertz CT molecular complexity index is 655. The quantitative estimate of drug-likeness (QED) is 0.886. The molecule has 1 aliphatic rings. The molecule has 122 valence electrons. The number of rotatable bonds is 5. The summed E-state index contributed by atoms with van der Waals surface area (Å²) in [5.41, 5.74) is 1.04. The number of carbonyl (C=O) groups is 1. The largest absolute Gasteiger partial charge is 0.497 e. The molecule has 1 atom stereocenters. The second-order valence-electron chi connectivity index (χ2n) is 5.42. The summed E-state index contributed by atoms with van der Waals surface area (Å²) >= 11 is 0. The third kappa shape index (κ3) is 3.97. The summed E-state index contributed by atoms with van der Waals surface area (Å²) in [5.74, 6) is 2.49. The third-order valence-electron chi connectivity index (χ3n) is 3.75. The lowest BCUT2D eigenvalue weighted by atomic mass is 10.0. The summed E-state index contributed by atoms with van der Waals surface area (Å²) in [6, 6.07) is 9.17. The molecule has 3 rings (SSSR count). The number of methoxy groups -OCH3 is 1. The van der Waals surface area contributed by atoms with Crippen LogP contribution < -0.4 is 20.1 Å². The molecule has 0 saturated heterocycles. The highest BCUT2D eigenvalue weighted by atomic mass is 16.5. The third-order valence-corrected chi connectivity index (χ3v) is 3.75. The van der Waals surface area contributed by atoms with Gasteiger partial charge in [-0.3, -0.25) is 0 Å². The lowest BCUT2D eigenvalue weighted by Crippen LogP contribution is -2.47. The fourth-order valence-corrected chi connectivity index (χ4v) is 2.58. The van der Waals surface area contributed by atoms with E-state index in [4.69, 9.17) is 13.9 Å². The first kappa shape index (κ1) is 15.3. The van der Waals surface area contributed by atoms with E-state index in [9.17, 15) is 4.79 Å². The van der Waals surface area contributed by atoms with Crippen LogP contribution in [-0.2, 0) is 12.8 Å².